The van der Waals surface area contributed by atoms with Gasteiger partial charge in [0, 0.05) is 18.7 Å². The average molecular weight is 267 g/mol. The van der Waals surface area contributed by atoms with Gasteiger partial charge in [0.2, 0.25) is 5.76 Å². The van der Waals surface area contributed by atoms with Gasteiger partial charge in [-0.05, 0) is 26.4 Å². The maximum absolute atomic E-state index is 11.8. The van der Waals surface area contributed by atoms with Gasteiger partial charge in [0.25, 0.3) is 5.91 Å². The minimum Gasteiger partial charge on any atom is -0.475 e. The van der Waals surface area contributed by atoms with Crippen LogP contribution in [0.1, 0.15) is 40.3 Å². The quantitative estimate of drug-likeness (QED) is 0.828. The van der Waals surface area contributed by atoms with Gasteiger partial charge in [0.05, 0.1) is 0 Å². The number of nitrogens with one attached hydrogen (secondary N) is 1. The molecule has 2 N–H and O–H groups in total. The Morgan fingerprint density at radius 3 is 3.00 bits per heavy atom. The molecule has 1 aromatic heterocycles. The van der Waals surface area contributed by atoms with Gasteiger partial charge in [0.15, 0.2) is 5.69 Å². The fourth-order valence-corrected chi connectivity index (χ4v) is 2.19. The van der Waals surface area contributed by atoms with Crippen LogP contribution < -0.4 is 5.32 Å². The van der Waals surface area contributed by atoms with E-state index in [1.54, 1.807) is 0 Å². The highest BCUT2D eigenvalue weighted by Crippen LogP contribution is 2.14. The highest BCUT2D eigenvalue weighted by molar-refractivity contribution is 5.94. The molecule has 2 rings (SSSR count). The zero-order valence-corrected chi connectivity index (χ0v) is 10.8. The lowest BCUT2D eigenvalue weighted by molar-refractivity contribution is 0.0651. The predicted molar refractivity (Wildman–Crippen MR) is 66.1 cm³/mol. The van der Waals surface area contributed by atoms with Crippen LogP contribution in [0.15, 0.2) is 10.6 Å². The molecule has 0 radical (unpaired) electrons. The van der Waals surface area contributed by atoms with E-state index >= 15 is 0 Å². The maximum atomic E-state index is 11.8. The Morgan fingerprint density at radius 1 is 1.58 bits per heavy atom. The summed E-state index contributed by atoms with van der Waals surface area (Å²) < 4.78 is 4.54. The molecule has 1 saturated heterocycles. The van der Waals surface area contributed by atoms with Crippen molar-refractivity contribution < 1.29 is 19.2 Å². The van der Waals surface area contributed by atoms with Gasteiger partial charge in [-0.3, -0.25) is 4.79 Å². The highest BCUT2D eigenvalue weighted by Gasteiger charge is 2.21. The SMILES string of the molecule is CN1CCCCC1CNC(=O)c1cc(C(=O)O)on1. The van der Waals surface area contributed by atoms with Gasteiger partial charge in [-0.1, -0.05) is 11.6 Å². The lowest BCUT2D eigenvalue weighted by Gasteiger charge is -2.32. The summed E-state index contributed by atoms with van der Waals surface area (Å²) in [4.78, 5) is 24.6. The Bertz CT molecular complexity index is 471. The first kappa shape index (κ1) is 13.5. The molecule has 0 aromatic carbocycles. The number of rotatable bonds is 4. The number of nitrogens with zero attached hydrogens (tertiary/aromatic N) is 2. The molecular weight excluding hydrogens is 250 g/mol. The van der Waals surface area contributed by atoms with Crippen molar-refractivity contribution in [3.63, 3.8) is 0 Å². The van der Waals surface area contributed by atoms with E-state index in [0.717, 1.165) is 25.5 Å². The van der Waals surface area contributed by atoms with Crippen LogP contribution in [0.5, 0.6) is 0 Å². The van der Waals surface area contributed by atoms with Crippen molar-refractivity contribution in [3.8, 4) is 0 Å². The lowest BCUT2D eigenvalue weighted by Crippen LogP contribution is -2.44. The van der Waals surface area contributed by atoms with Gasteiger partial charge in [-0.2, -0.15) is 0 Å². The third-order valence-corrected chi connectivity index (χ3v) is 3.37. The van der Waals surface area contributed by atoms with Gasteiger partial charge in [-0.15, -0.1) is 0 Å². The molecule has 1 unspecified atom stereocenters. The molecule has 1 aliphatic heterocycles. The van der Waals surface area contributed by atoms with E-state index in [1.165, 1.54) is 6.42 Å². The second-order valence-electron chi connectivity index (χ2n) is 4.72. The second-order valence-corrected chi connectivity index (χ2v) is 4.72. The van der Waals surface area contributed by atoms with Crippen LogP contribution in [0.4, 0.5) is 0 Å². The van der Waals surface area contributed by atoms with Crippen molar-refractivity contribution >= 4 is 11.9 Å². The van der Waals surface area contributed by atoms with Crippen LogP contribution >= 0.6 is 0 Å². The van der Waals surface area contributed by atoms with E-state index in [1.807, 2.05) is 7.05 Å². The molecule has 1 aliphatic rings. The van der Waals surface area contributed by atoms with Crippen LogP contribution in [-0.4, -0.2) is 53.2 Å². The smallest absolute Gasteiger partial charge is 0.374 e. The largest absolute Gasteiger partial charge is 0.475 e. The Kier molecular flexibility index (Phi) is 4.16. The molecule has 19 heavy (non-hydrogen) atoms. The lowest BCUT2D eigenvalue weighted by atomic mass is 10.0. The molecule has 0 spiro atoms. The monoisotopic (exact) mass is 267 g/mol. The summed E-state index contributed by atoms with van der Waals surface area (Å²) in [5.41, 5.74) is -0.00383. The Hall–Kier alpha value is -1.89. The summed E-state index contributed by atoms with van der Waals surface area (Å²) in [6, 6.07) is 1.45. The van der Waals surface area contributed by atoms with E-state index in [9.17, 15) is 9.59 Å². The zero-order chi connectivity index (χ0) is 13.8. The molecule has 104 valence electrons. The van der Waals surface area contributed by atoms with Crippen LogP contribution in [0.25, 0.3) is 0 Å². The maximum Gasteiger partial charge on any atom is 0.374 e. The fraction of sp³-hybridized carbons (Fsp3) is 0.583. The topological polar surface area (TPSA) is 95.7 Å². The molecule has 1 amide bonds. The highest BCUT2D eigenvalue weighted by atomic mass is 16.5. The molecular formula is C12H17N3O4. The van der Waals surface area contributed by atoms with E-state index in [-0.39, 0.29) is 11.5 Å². The zero-order valence-electron chi connectivity index (χ0n) is 10.8. The number of amides is 1. The van der Waals surface area contributed by atoms with Crippen molar-refractivity contribution in [1.82, 2.24) is 15.4 Å². The predicted octanol–water partition coefficient (Wildman–Crippen LogP) is 0.587. The minimum atomic E-state index is -1.24. The van der Waals surface area contributed by atoms with E-state index in [4.69, 9.17) is 5.11 Å². The Morgan fingerprint density at radius 2 is 2.37 bits per heavy atom. The third-order valence-electron chi connectivity index (χ3n) is 3.37. The summed E-state index contributed by atoms with van der Waals surface area (Å²) in [7, 11) is 2.04. The summed E-state index contributed by atoms with van der Waals surface area (Å²) in [5.74, 6) is -1.98. The van der Waals surface area contributed by atoms with Gasteiger partial charge >= 0.3 is 5.97 Å². The van der Waals surface area contributed by atoms with Crippen molar-refractivity contribution in [2.45, 2.75) is 25.3 Å². The van der Waals surface area contributed by atoms with Crippen molar-refractivity contribution in [1.29, 1.82) is 0 Å². The summed E-state index contributed by atoms with van der Waals surface area (Å²) in [6.45, 7) is 1.57. The van der Waals surface area contributed by atoms with Crippen LogP contribution in [0.2, 0.25) is 0 Å². The molecule has 1 atom stereocenters. The first-order valence-corrected chi connectivity index (χ1v) is 6.26. The summed E-state index contributed by atoms with van der Waals surface area (Å²) in [5, 5.41) is 14.9. The normalized spacial score (nSPS) is 20.2. The number of aromatic carboxylic acids is 1. The number of hydrogen-bond donors (Lipinski definition) is 2. The summed E-state index contributed by atoms with van der Waals surface area (Å²) >= 11 is 0. The number of piperidine rings is 1. The first-order chi connectivity index (χ1) is 9.08. The number of likely N-dealkylation sites (tertiary alicyclic amines) is 1. The van der Waals surface area contributed by atoms with E-state index < -0.39 is 11.9 Å². The molecule has 1 aromatic rings. The molecule has 1 fully saturated rings. The van der Waals surface area contributed by atoms with Crippen molar-refractivity contribution in [2.24, 2.45) is 0 Å². The Labute approximate surface area is 110 Å². The van der Waals surface area contributed by atoms with Crippen molar-refractivity contribution in [3.05, 3.63) is 17.5 Å². The number of carbonyl (C=O) groups excluding carboxylic acids is 1. The third kappa shape index (κ3) is 3.31. The number of carboxylic acid groups (broad SMARTS) is 1. The number of hydrogen-bond acceptors (Lipinski definition) is 5. The standard InChI is InChI=1S/C12H17N3O4/c1-15-5-3-2-4-8(15)7-13-11(16)9-6-10(12(17)18)19-14-9/h6,8H,2-5,7H2,1H3,(H,13,16)(H,17,18). The van der Waals surface area contributed by atoms with Gasteiger partial charge in [0.1, 0.15) is 0 Å². The van der Waals surface area contributed by atoms with Crippen LogP contribution in [0.3, 0.4) is 0 Å². The molecule has 0 bridgehead atoms. The van der Waals surface area contributed by atoms with Gasteiger partial charge < -0.3 is 19.8 Å². The van der Waals surface area contributed by atoms with Gasteiger partial charge in [-0.25, -0.2) is 4.79 Å². The average Bonchev–Trinajstić information content (AvgIpc) is 2.87. The number of carboxylic acids is 1. The number of carbonyl (C=O) groups is 2. The molecule has 0 aliphatic carbocycles. The Balaban J connectivity index is 1.88. The molecule has 0 saturated carbocycles. The first-order valence-electron chi connectivity index (χ1n) is 6.26. The number of aromatic nitrogens is 1. The van der Waals surface area contributed by atoms with E-state index in [0.29, 0.717) is 12.6 Å². The number of likely N-dealkylation sites (N-methyl/N-ethyl adjacent to an activating group) is 1. The molecule has 2 heterocycles. The second kappa shape index (κ2) is 5.83. The minimum absolute atomic E-state index is 0.00383. The van der Waals surface area contributed by atoms with Crippen molar-refractivity contribution in [2.75, 3.05) is 20.1 Å². The summed E-state index contributed by atoms with van der Waals surface area (Å²) in [6.07, 6.45) is 3.40. The van der Waals surface area contributed by atoms with Crippen LogP contribution in [0, 0.1) is 0 Å². The molecule has 7 nitrogen and oxygen atoms in total. The van der Waals surface area contributed by atoms with Crippen LogP contribution in [-0.2, 0) is 0 Å². The molecule has 7 heteroatoms. The fourth-order valence-electron chi connectivity index (χ4n) is 2.19. The van der Waals surface area contributed by atoms with E-state index in [2.05, 4.69) is 19.9 Å².